The van der Waals surface area contributed by atoms with Gasteiger partial charge in [-0.05, 0) is 11.1 Å². The van der Waals surface area contributed by atoms with Crippen LogP contribution in [0.3, 0.4) is 0 Å². The molecule has 5 rings (SSSR count). The van der Waals surface area contributed by atoms with Crippen molar-refractivity contribution in [2.75, 3.05) is 31.1 Å². The van der Waals surface area contributed by atoms with Crippen LogP contribution in [0.2, 0.25) is 0 Å². The first-order valence-electron chi connectivity index (χ1n) is 11.9. The zero-order chi connectivity index (χ0) is 26.7. The Hall–Kier alpha value is -3.35. The lowest BCUT2D eigenvalue weighted by atomic mass is 9.98. The number of piperazine rings is 1. The Bertz CT molecular complexity index is 1440. The Morgan fingerprint density at radius 2 is 1.61 bits per heavy atom. The van der Waals surface area contributed by atoms with Crippen molar-refractivity contribution in [2.24, 2.45) is 0 Å². The maximum absolute atomic E-state index is 14.0. The highest BCUT2D eigenvalue weighted by Crippen LogP contribution is 2.40. The second-order valence-electron chi connectivity index (χ2n) is 8.84. The number of nitrogens with zero attached hydrogens (tertiary/aromatic N) is 5. The molecule has 0 saturated carbocycles. The summed E-state index contributed by atoms with van der Waals surface area (Å²) in [6.45, 7) is 2.98. The zero-order valence-corrected chi connectivity index (χ0v) is 21.8. The average Bonchev–Trinajstić information content (AvgIpc) is 3.42. The van der Waals surface area contributed by atoms with Crippen molar-refractivity contribution in [3.05, 3.63) is 82.6 Å². The summed E-state index contributed by atoms with van der Waals surface area (Å²) >= 11 is 1.58. The number of thiol groups is 1. The maximum atomic E-state index is 14.0. The van der Waals surface area contributed by atoms with E-state index in [1.165, 1.54) is 0 Å². The summed E-state index contributed by atoms with van der Waals surface area (Å²) in [5.74, 6) is -1.12. The number of halogens is 3. The van der Waals surface area contributed by atoms with Gasteiger partial charge < -0.3 is 4.90 Å². The van der Waals surface area contributed by atoms with Crippen LogP contribution >= 0.6 is 11.3 Å². The van der Waals surface area contributed by atoms with Crippen LogP contribution in [0.15, 0.2) is 66.2 Å². The fraction of sp³-hybridized carbons (Fsp3) is 0.269. The van der Waals surface area contributed by atoms with E-state index in [-0.39, 0.29) is 17.3 Å². The van der Waals surface area contributed by atoms with E-state index in [4.69, 9.17) is 0 Å². The van der Waals surface area contributed by atoms with Crippen molar-refractivity contribution in [2.45, 2.75) is 18.5 Å². The van der Waals surface area contributed by atoms with Gasteiger partial charge in [0, 0.05) is 43.3 Å². The van der Waals surface area contributed by atoms with E-state index in [0.29, 0.717) is 55.0 Å². The summed E-state index contributed by atoms with van der Waals surface area (Å²) in [6, 6.07) is 15.5. The molecule has 0 radical (unpaired) electrons. The molecular formula is C26H24F3N5O2S2. The van der Waals surface area contributed by atoms with Crippen molar-refractivity contribution in [3.63, 3.8) is 0 Å². The number of hydrogen-bond acceptors (Lipinski definition) is 8. The summed E-state index contributed by atoms with van der Waals surface area (Å²) in [4.78, 5) is 16.5. The molecule has 0 spiro atoms. The van der Waals surface area contributed by atoms with Crippen LogP contribution in [0.5, 0.6) is 0 Å². The largest absolute Gasteiger partial charge is 0.451 e. The van der Waals surface area contributed by atoms with E-state index in [9.17, 15) is 21.6 Å². The lowest BCUT2D eigenvalue weighted by Crippen LogP contribution is -2.46. The van der Waals surface area contributed by atoms with Gasteiger partial charge in [0.1, 0.15) is 21.5 Å². The summed E-state index contributed by atoms with van der Waals surface area (Å²) in [6.07, 6.45) is -2.98. The van der Waals surface area contributed by atoms with Crippen LogP contribution in [0.1, 0.15) is 16.4 Å². The van der Waals surface area contributed by atoms with Crippen molar-refractivity contribution >= 4 is 27.9 Å². The third-order valence-electron chi connectivity index (χ3n) is 6.26. The van der Waals surface area contributed by atoms with Gasteiger partial charge in [-0.3, -0.25) is 4.90 Å². The monoisotopic (exact) mass is 559 g/mol. The van der Waals surface area contributed by atoms with Crippen LogP contribution in [-0.2, 0) is 29.2 Å². The van der Waals surface area contributed by atoms with E-state index < -0.39 is 22.7 Å². The minimum Gasteiger partial charge on any atom is -0.353 e. The summed E-state index contributed by atoms with van der Waals surface area (Å²) in [7, 11) is -2.62. The summed E-state index contributed by atoms with van der Waals surface area (Å²) < 4.78 is 64.3. The molecule has 12 heteroatoms. The Balaban J connectivity index is 1.58. The van der Waals surface area contributed by atoms with Crippen molar-refractivity contribution < 1.29 is 21.6 Å². The van der Waals surface area contributed by atoms with E-state index in [1.807, 2.05) is 40.6 Å². The normalized spacial score (nSPS) is 14.8. The lowest BCUT2D eigenvalue weighted by Gasteiger charge is -2.36. The van der Waals surface area contributed by atoms with Gasteiger partial charge in [-0.1, -0.05) is 54.6 Å². The molecule has 0 amide bonds. The Morgan fingerprint density at radius 3 is 2.21 bits per heavy atom. The first-order valence-corrected chi connectivity index (χ1v) is 14.1. The molecular weight excluding hydrogens is 535 g/mol. The molecule has 1 fully saturated rings. The van der Waals surface area contributed by atoms with Gasteiger partial charge in [-0.25, -0.2) is 23.4 Å². The van der Waals surface area contributed by atoms with E-state index in [1.54, 1.807) is 41.8 Å². The van der Waals surface area contributed by atoms with Gasteiger partial charge in [0.15, 0.2) is 0 Å². The fourth-order valence-electron chi connectivity index (χ4n) is 4.44. The fourth-order valence-corrected chi connectivity index (χ4v) is 5.61. The Kier molecular flexibility index (Phi) is 7.73. The molecule has 1 saturated heterocycles. The zero-order valence-electron chi connectivity index (χ0n) is 20.1. The molecule has 4 aromatic rings. The molecule has 7 nitrogen and oxygen atoms in total. The number of aromatic nitrogens is 3. The third kappa shape index (κ3) is 6.03. The first kappa shape index (κ1) is 26.3. The Morgan fingerprint density at radius 1 is 0.895 bits per heavy atom. The number of anilines is 1. The lowest BCUT2D eigenvalue weighted by molar-refractivity contribution is -0.144. The standard InChI is InChI=1S/C26H24F3N5O2S2/c27-26(28,29)25-31-23(20-8-6-18(7-9-20)17-38(35)36)22(19-4-2-1-3-5-19)24(32-25)34-13-11-33(12-14-34)16-21-30-10-15-37-21/h1-10,15,38H,11-14,16-17H2. The van der Waals surface area contributed by atoms with Gasteiger partial charge in [-0.15, -0.1) is 11.3 Å². The maximum Gasteiger partial charge on any atom is 0.451 e. The molecule has 1 aliphatic heterocycles. The summed E-state index contributed by atoms with van der Waals surface area (Å²) in [5.41, 5.74) is 2.35. The minimum atomic E-state index is -4.74. The second kappa shape index (κ2) is 11.2. The quantitative estimate of drug-likeness (QED) is 0.328. The minimum absolute atomic E-state index is 0.144. The van der Waals surface area contributed by atoms with Crippen molar-refractivity contribution in [1.82, 2.24) is 19.9 Å². The van der Waals surface area contributed by atoms with Gasteiger partial charge >= 0.3 is 6.18 Å². The SMILES string of the molecule is O=[SH](=O)Cc1ccc(-c2nc(C(F)(F)F)nc(N3CCN(Cc4nccs4)CC3)c2-c2ccccc2)cc1. The molecule has 0 bridgehead atoms. The van der Waals surface area contributed by atoms with Crippen molar-refractivity contribution in [3.8, 4) is 22.4 Å². The smallest absolute Gasteiger partial charge is 0.353 e. The van der Waals surface area contributed by atoms with Crippen LogP contribution in [0.4, 0.5) is 19.0 Å². The van der Waals surface area contributed by atoms with Crippen LogP contribution in [0, 0.1) is 0 Å². The van der Waals surface area contributed by atoms with Crippen molar-refractivity contribution in [1.29, 1.82) is 0 Å². The predicted octanol–water partition coefficient (Wildman–Crippen LogP) is 4.72. The van der Waals surface area contributed by atoms with Gasteiger partial charge in [0.25, 0.3) is 0 Å². The van der Waals surface area contributed by atoms with Crippen LogP contribution in [0.25, 0.3) is 22.4 Å². The summed E-state index contributed by atoms with van der Waals surface area (Å²) in [5, 5.41) is 2.92. The highest BCUT2D eigenvalue weighted by molar-refractivity contribution is 7.71. The number of benzene rings is 2. The number of rotatable bonds is 7. The molecule has 0 atom stereocenters. The molecule has 38 heavy (non-hydrogen) atoms. The highest BCUT2D eigenvalue weighted by atomic mass is 32.2. The molecule has 1 aliphatic rings. The first-order chi connectivity index (χ1) is 18.3. The number of thiazole rings is 1. The molecule has 0 unspecified atom stereocenters. The van der Waals surface area contributed by atoms with Crippen LogP contribution in [-0.4, -0.2) is 54.4 Å². The molecule has 2 aromatic heterocycles. The highest BCUT2D eigenvalue weighted by Gasteiger charge is 2.38. The van der Waals surface area contributed by atoms with Crippen LogP contribution < -0.4 is 4.90 Å². The van der Waals surface area contributed by atoms with E-state index >= 15 is 0 Å². The third-order valence-corrected chi connectivity index (χ3v) is 7.65. The van der Waals surface area contributed by atoms with Gasteiger partial charge in [-0.2, -0.15) is 13.2 Å². The molecule has 2 aromatic carbocycles. The Labute approximate surface area is 223 Å². The molecule has 198 valence electrons. The number of alkyl halides is 3. The number of hydrogen-bond donors (Lipinski definition) is 1. The molecule has 3 heterocycles. The topological polar surface area (TPSA) is 79.3 Å². The predicted molar refractivity (Wildman–Crippen MR) is 142 cm³/mol. The van der Waals surface area contributed by atoms with E-state index in [0.717, 1.165) is 5.01 Å². The van der Waals surface area contributed by atoms with E-state index in [2.05, 4.69) is 19.9 Å². The van der Waals surface area contributed by atoms with Gasteiger partial charge in [0.05, 0.1) is 23.6 Å². The molecule has 0 N–H and O–H groups in total. The van der Waals surface area contributed by atoms with Gasteiger partial charge in [0.2, 0.25) is 5.82 Å². The second-order valence-corrected chi connectivity index (χ2v) is 10.8. The average molecular weight is 560 g/mol. The molecule has 0 aliphatic carbocycles.